The van der Waals surface area contributed by atoms with E-state index in [1.807, 2.05) is 12.1 Å². The first kappa shape index (κ1) is 15.5. The van der Waals surface area contributed by atoms with Crippen molar-refractivity contribution in [3.8, 4) is 11.3 Å². The number of H-pyrrole nitrogens is 1. The number of nitrogens with zero attached hydrogens (tertiary/aromatic N) is 1. The molecule has 0 unspecified atom stereocenters. The molecule has 0 fully saturated rings. The van der Waals surface area contributed by atoms with Crippen LogP contribution in [0.1, 0.15) is 15.9 Å². The third-order valence-electron chi connectivity index (χ3n) is 3.58. The Morgan fingerprint density at radius 3 is 2.50 bits per heavy atom. The Bertz CT molecular complexity index is 855. The maximum Gasteiger partial charge on any atom is 0.335 e. The molecule has 0 atom stereocenters. The number of carboxylic acid groups (broad SMARTS) is 1. The zero-order valence-electron chi connectivity index (χ0n) is 12.7. The quantitative estimate of drug-likeness (QED) is 0.673. The molecule has 0 spiro atoms. The molecular weight excluding hydrogens is 306 g/mol. The van der Waals surface area contributed by atoms with Crippen LogP contribution in [0.15, 0.2) is 61.1 Å². The van der Waals surface area contributed by atoms with Gasteiger partial charge < -0.3 is 15.4 Å². The van der Waals surface area contributed by atoms with Gasteiger partial charge in [-0.2, -0.15) is 0 Å². The Morgan fingerprint density at radius 2 is 1.83 bits per heavy atom. The van der Waals surface area contributed by atoms with Crippen LogP contribution in [-0.4, -0.2) is 27.0 Å². The van der Waals surface area contributed by atoms with Gasteiger partial charge in [0.2, 0.25) is 5.91 Å². The lowest BCUT2D eigenvalue weighted by Crippen LogP contribution is -2.16. The lowest BCUT2D eigenvalue weighted by molar-refractivity contribution is -0.115. The van der Waals surface area contributed by atoms with Crippen LogP contribution >= 0.6 is 0 Å². The van der Waals surface area contributed by atoms with Crippen molar-refractivity contribution in [1.29, 1.82) is 0 Å². The average Bonchev–Trinajstić information content (AvgIpc) is 3.10. The fraction of sp³-hybridized carbons (Fsp3) is 0.0556. The molecule has 1 aromatic heterocycles. The molecule has 120 valence electrons. The Kier molecular flexibility index (Phi) is 4.38. The number of aromatic amines is 1. The van der Waals surface area contributed by atoms with Crippen LogP contribution in [0, 0.1) is 0 Å². The highest BCUT2D eigenvalue weighted by Gasteiger charge is 2.12. The molecular formula is C18H15N3O3. The number of aromatic carboxylic acids is 1. The summed E-state index contributed by atoms with van der Waals surface area (Å²) in [6.45, 7) is 0. The van der Waals surface area contributed by atoms with Crippen molar-refractivity contribution in [3.63, 3.8) is 0 Å². The van der Waals surface area contributed by atoms with E-state index in [0.717, 1.165) is 11.3 Å². The van der Waals surface area contributed by atoms with Crippen LogP contribution in [0.4, 0.5) is 5.69 Å². The zero-order chi connectivity index (χ0) is 16.9. The minimum Gasteiger partial charge on any atom is -0.478 e. The number of carboxylic acids is 1. The van der Waals surface area contributed by atoms with Gasteiger partial charge >= 0.3 is 5.97 Å². The van der Waals surface area contributed by atoms with Crippen molar-refractivity contribution in [3.05, 3.63) is 72.2 Å². The fourth-order valence-corrected chi connectivity index (χ4v) is 2.41. The summed E-state index contributed by atoms with van der Waals surface area (Å²) in [5, 5.41) is 11.9. The first-order valence-electron chi connectivity index (χ1n) is 7.33. The number of amides is 1. The number of nitrogens with one attached hydrogen (secondary N) is 2. The SMILES string of the molecule is O=C(Cc1ccccc1C(=O)O)Nc1ccc(-c2cnc[nH]2)cc1. The smallest absolute Gasteiger partial charge is 0.335 e. The number of benzene rings is 2. The minimum absolute atomic E-state index is 0.00474. The van der Waals surface area contributed by atoms with Gasteiger partial charge in [-0.15, -0.1) is 0 Å². The van der Waals surface area contributed by atoms with E-state index < -0.39 is 5.97 Å². The monoisotopic (exact) mass is 321 g/mol. The minimum atomic E-state index is -1.04. The average molecular weight is 321 g/mol. The third kappa shape index (κ3) is 3.49. The molecule has 1 amide bonds. The van der Waals surface area contributed by atoms with Crippen LogP contribution in [0.2, 0.25) is 0 Å². The van der Waals surface area contributed by atoms with Gasteiger partial charge in [0, 0.05) is 5.69 Å². The van der Waals surface area contributed by atoms with Crippen LogP contribution in [0.5, 0.6) is 0 Å². The molecule has 0 radical (unpaired) electrons. The van der Waals surface area contributed by atoms with Gasteiger partial charge in [0.05, 0.1) is 30.2 Å². The Morgan fingerprint density at radius 1 is 1.08 bits per heavy atom. The Hall–Kier alpha value is -3.41. The van der Waals surface area contributed by atoms with Gasteiger partial charge in [-0.25, -0.2) is 9.78 Å². The van der Waals surface area contributed by atoms with Gasteiger partial charge in [0.1, 0.15) is 0 Å². The van der Waals surface area contributed by atoms with E-state index in [2.05, 4.69) is 15.3 Å². The van der Waals surface area contributed by atoms with Gasteiger partial charge in [-0.1, -0.05) is 30.3 Å². The fourth-order valence-electron chi connectivity index (χ4n) is 2.41. The normalized spacial score (nSPS) is 10.3. The molecule has 3 rings (SSSR count). The highest BCUT2D eigenvalue weighted by Crippen LogP contribution is 2.19. The molecule has 24 heavy (non-hydrogen) atoms. The first-order chi connectivity index (χ1) is 11.6. The number of imidazole rings is 1. The lowest BCUT2D eigenvalue weighted by Gasteiger charge is -2.08. The topological polar surface area (TPSA) is 95.1 Å². The summed E-state index contributed by atoms with van der Waals surface area (Å²) in [4.78, 5) is 30.3. The van der Waals surface area contributed by atoms with E-state index in [0.29, 0.717) is 11.3 Å². The first-order valence-corrected chi connectivity index (χ1v) is 7.33. The summed E-state index contributed by atoms with van der Waals surface area (Å²) in [6, 6.07) is 13.8. The molecule has 3 N–H and O–H groups in total. The van der Waals surface area contributed by atoms with E-state index >= 15 is 0 Å². The molecule has 0 aliphatic carbocycles. The highest BCUT2D eigenvalue weighted by molar-refractivity contribution is 5.96. The summed E-state index contributed by atoms with van der Waals surface area (Å²) >= 11 is 0. The maximum atomic E-state index is 12.2. The summed E-state index contributed by atoms with van der Waals surface area (Å²) in [6.07, 6.45) is 3.33. The lowest BCUT2D eigenvalue weighted by atomic mass is 10.0. The van der Waals surface area contributed by atoms with Gasteiger partial charge in [0.25, 0.3) is 0 Å². The zero-order valence-corrected chi connectivity index (χ0v) is 12.7. The summed E-state index contributed by atoms with van der Waals surface area (Å²) in [5.74, 6) is -1.31. The molecule has 0 aliphatic heterocycles. The van der Waals surface area contributed by atoms with Crippen molar-refractivity contribution in [2.24, 2.45) is 0 Å². The standard InChI is InChI=1S/C18H15N3O3/c22-17(9-13-3-1-2-4-15(13)18(23)24)21-14-7-5-12(6-8-14)16-10-19-11-20-16/h1-8,10-11H,9H2,(H,19,20)(H,21,22)(H,23,24). The van der Waals surface area contributed by atoms with E-state index in [4.69, 9.17) is 5.11 Å². The van der Waals surface area contributed by atoms with Crippen molar-refractivity contribution < 1.29 is 14.7 Å². The predicted octanol–water partition coefficient (Wildman–Crippen LogP) is 2.96. The van der Waals surface area contributed by atoms with E-state index in [1.54, 1.807) is 42.9 Å². The number of aromatic nitrogens is 2. The van der Waals surface area contributed by atoms with Crippen LogP contribution in [0.3, 0.4) is 0 Å². The van der Waals surface area contributed by atoms with Crippen molar-refractivity contribution in [1.82, 2.24) is 9.97 Å². The molecule has 0 saturated carbocycles. The number of carbonyl (C=O) groups is 2. The van der Waals surface area contributed by atoms with Crippen molar-refractivity contribution in [2.45, 2.75) is 6.42 Å². The highest BCUT2D eigenvalue weighted by atomic mass is 16.4. The number of hydrogen-bond donors (Lipinski definition) is 3. The second kappa shape index (κ2) is 6.78. The van der Waals surface area contributed by atoms with Crippen LogP contribution in [-0.2, 0) is 11.2 Å². The van der Waals surface area contributed by atoms with Gasteiger partial charge in [-0.3, -0.25) is 4.79 Å². The van der Waals surface area contributed by atoms with Crippen LogP contribution in [0.25, 0.3) is 11.3 Å². The largest absolute Gasteiger partial charge is 0.478 e. The van der Waals surface area contributed by atoms with Crippen molar-refractivity contribution >= 4 is 17.6 Å². The molecule has 6 nitrogen and oxygen atoms in total. The molecule has 2 aromatic carbocycles. The van der Waals surface area contributed by atoms with E-state index in [9.17, 15) is 9.59 Å². The second-order valence-corrected chi connectivity index (χ2v) is 5.23. The van der Waals surface area contributed by atoms with Crippen molar-refractivity contribution in [2.75, 3.05) is 5.32 Å². The Balaban J connectivity index is 1.68. The third-order valence-corrected chi connectivity index (χ3v) is 3.58. The number of carbonyl (C=O) groups excluding carboxylic acids is 1. The maximum absolute atomic E-state index is 12.2. The molecule has 3 aromatic rings. The van der Waals surface area contributed by atoms with E-state index in [1.165, 1.54) is 6.07 Å². The molecule has 1 heterocycles. The van der Waals surface area contributed by atoms with Gasteiger partial charge in [0.15, 0.2) is 0 Å². The summed E-state index contributed by atoms with van der Waals surface area (Å²) < 4.78 is 0. The number of hydrogen-bond acceptors (Lipinski definition) is 3. The predicted molar refractivity (Wildman–Crippen MR) is 89.8 cm³/mol. The summed E-state index contributed by atoms with van der Waals surface area (Å²) in [7, 11) is 0. The summed E-state index contributed by atoms with van der Waals surface area (Å²) in [5.41, 5.74) is 3.12. The molecule has 6 heteroatoms. The van der Waals surface area contributed by atoms with Crippen LogP contribution < -0.4 is 5.32 Å². The molecule has 0 saturated heterocycles. The molecule has 0 aliphatic rings. The second-order valence-electron chi connectivity index (χ2n) is 5.23. The number of rotatable bonds is 5. The van der Waals surface area contributed by atoms with E-state index in [-0.39, 0.29) is 17.9 Å². The molecule has 0 bridgehead atoms. The van der Waals surface area contributed by atoms with Gasteiger partial charge in [-0.05, 0) is 29.3 Å². The Labute approximate surface area is 138 Å². The number of anilines is 1.